The summed E-state index contributed by atoms with van der Waals surface area (Å²) in [6, 6.07) is 4.96. The lowest BCUT2D eigenvalue weighted by atomic mass is 10.2. The highest BCUT2D eigenvalue weighted by Crippen LogP contribution is 2.21. The molecular weight excluding hydrogens is 288 g/mol. The van der Waals surface area contributed by atoms with Crippen molar-refractivity contribution in [2.75, 3.05) is 5.32 Å². The van der Waals surface area contributed by atoms with Crippen LogP contribution in [0.4, 0.5) is 5.69 Å². The molecule has 5 nitrogen and oxygen atoms in total. The minimum absolute atomic E-state index is 0.164. The number of amides is 1. The Balaban J connectivity index is 2.31. The fourth-order valence-electron chi connectivity index (χ4n) is 1.31. The minimum Gasteiger partial charge on any atom is -0.408 e. The van der Waals surface area contributed by atoms with Crippen molar-refractivity contribution in [2.24, 2.45) is 0 Å². The van der Waals surface area contributed by atoms with Crippen LogP contribution in [-0.4, -0.2) is 15.2 Å². The maximum Gasteiger partial charge on any atom is 0.417 e. The number of H-pyrrole nitrogens is 1. The Labute approximate surface area is 105 Å². The molecule has 0 bridgehead atoms. The van der Waals surface area contributed by atoms with Crippen molar-refractivity contribution < 1.29 is 9.21 Å². The third-order valence-corrected chi connectivity index (χ3v) is 2.58. The number of hydrogen-bond donors (Lipinski definition) is 2. The summed E-state index contributed by atoms with van der Waals surface area (Å²) in [7, 11) is 0. The van der Waals surface area contributed by atoms with Gasteiger partial charge in [-0.05, 0) is 32.0 Å². The number of anilines is 1. The van der Waals surface area contributed by atoms with Gasteiger partial charge in [-0.3, -0.25) is 9.78 Å². The highest BCUT2D eigenvalue weighted by Gasteiger charge is 2.23. The summed E-state index contributed by atoms with van der Waals surface area (Å²) in [5.74, 6) is -0.674. The van der Waals surface area contributed by atoms with Gasteiger partial charge in [-0.1, -0.05) is 15.9 Å². The van der Waals surface area contributed by atoms with Gasteiger partial charge in [-0.2, -0.15) is 0 Å². The van der Waals surface area contributed by atoms with Gasteiger partial charge in [0.15, 0.2) is 5.58 Å². The van der Waals surface area contributed by atoms with E-state index in [1.165, 1.54) is 0 Å². The molecule has 0 aliphatic heterocycles. The zero-order valence-corrected chi connectivity index (χ0v) is 10.9. The van der Waals surface area contributed by atoms with E-state index < -0.39 is 10.1 Å². The number of aromatic nitrogens is 1. The van der Waals surface area contributed by atoms with Gasteiger partial charge >= 0.3 is 5.76 Å². The van der Waals surface area contributed by atoms with Crippen LogP contribution < -0.4 is 11.1 Å². The van der Waals surface area contributed by atoms with Gasteiger partial charge in [-0.15, -0.1) is 0 Å². The number of nitrogens with one attached hydrogen (secondary N) is 2. The summed E-state index contributed by atoms with van der Waals surface area (Å²) in [6.07, 6.45) is 0. The molecule has 17 heavy (non-hydrogen) atoms. The maximum absolute atomic E-state index is 11.7. The van der Waals surface area contributed by atoms with Crippen LogP contribution in [0.3, 0.4) is 0 Å². The second-order valence-electron chi connectivity index (χ2n) is 4.15. The summed E-state index contributed by atoms with van der Waals surface area (Å²) in [6.45, 7) is 3.50. The Hall–Kier alpha value is -1.56. The molecule has 0 saturated heterocycles. The van der Waals surface area contributed by atoms with Gasteiger partial charge < -0.3 is 9.73 Å². The van der Waals surface area contributed by atoms with E-state index in [0.29, 0.717) is 16.8 Å². The van der Waals surface area contributed by atoms with Crippen molar-refractivity contribution in [3.05, 3.63) is 28.7 Å². The van der Waals surface area contributed by atoms with Gasteiger partial charge in [0.25, 0.3) is 0 Å². The van der Waals surface area contributed by atoms with Crippen LogP contribution >= 0.6 is 15.9 Å². The quantitative estimate of drug-likeness (QED) is 0.835. The second-order valence-corrected chi connectivity index (χ2v) is 6.13. The number of halogens is 1. The molecule has 1 aromatic heterocycles. The first-order valence-corrected chi connectivity index (χ1v) is 5.79. The Bertz CT molecular complexity index is 621. The lowest BCUT2D eigenvalue weighted by Gasteiger charge is -2.15. The number of carbonyl (C=O) groups excluding carboxylic acids is 1. The normalized spacial score (nSPS) is 11.7. The molecule has 0 fully saturated rings. The largest absolute Gasteiger partial charge is 0.417 e. The Morgan fingerprint density at radius 3 is 2.82 bits per heavy atom. The van der Waals surface area contributed by atoms with E-state index in [9.17, 15) is 9.59 Å². The summed E-state index contributed by atoms with van der Waals surface area (Å²) < 4.78 is 4.21. The number of hydrogen-bond acceptors (Lipinski definition) is 3. The molecule has 0 aliphatic rings. The van der Waals surface area contributed by atoms with Gasteiger partial charge in [0.05, 0.1) is 9.84 Å². The third-order valence-electron chi connectivity index (χ3n) is 2.22. The van der Waals surface area contributed by atoms with Crippen LogP contribution in [0.1, 0.15) is 13.8 Å². The summed E-state index contributed by atoms with van der Waals surface area (Å²) in [4.78, 5) is 25.2. The average molecular weight is 299 g/mol. The van der Waals surface area contributed by atoms with Gasteiger partial charge in [0.1, 0.15) is 0 Å². The standard InChI is InChI=1S/C11H11BrN2O3/c1-11(2,12)9(15)13-6-3-4-8-7(5-6)14-10(16)17-8/h3-5H,1-2H3,(H,13,15)(H,14,16). The molecule has 0 saturated carbocycles. The van der Waals surface area contributed by atoms with Crippen LogP contribution in [-0.2, 0) is 4.79 Å². The monoisotopic (exact) mass is 298 g/mol. The lowest BCUT2D eigenvalue weighted by Crippen LogP contribution is -2.30. The van der Waals surface area contributed by atoms with Crippen molar-refractivity contribution in [3.8, 4) is 0 Å². The molecule has 1 aromatic carbocycles. The smallest absolute Gasteiger partial charge is 0.408 e. The molecule has 0 spiro atoms. The van der Waals surface area contributed by atoms with E-state index in [0.717, 1.165) is 0 Å². The number of aromatic amines is 1. The average Bonchev–Trinajstić information content (AvgIpc) is 2.55. The highest BCUT2D eigenvalue weighted by atomic mass is 79.9. The summed E-state index contributed by atoms with van der Waals surface area (Å²) in [5.41, 5.74) is 1.62. The summed E-state index contributed by atoms with van der Waals surface area (Å²) >= 11 is 3.27. The molecular formula is C11H11BrN2O3. The number of carbonyl (C=O) groups is 1. The minimum atomic E-state index is -0.647. The van der Waals surface area contributed by atoms with E-state index in [2.05, 4.69) is 26.2 Å². The van der Waals surface area contributed by atoms with Gasteiger partial charge in [0.2, 0.25) is 5.91 Å². The number of rotatable bonds is 2. The third kappa shape index (κ3) is 2.58. The first-order valence-electron chi connectivity index (χ1n) is 4.99. The predicted molar refractivity (Wildman–Crippen MR) is 68.5 cm³/mol. The van der Waals surface area contributed by atoms with Crippen LogP contribution in [0.2, 0.25) is 0 Å². The van der Waals surface area contributed by atoms with Crippen LogP contribution in [0.15, 0.2) is 27.4 Å². The molecule has 1 amide bonds. The molecule has 6 heteroatoms. The predicted octanol–water partition coefficient (Wildman–Crippen LogP) is 2.23. The molecule has 1 heterocycles. The number of fused-ring (bicyclic) bond motifs is 1. The van der Waals surface area contributed by atoms with Crippen LogP contribution in [0.5, 0.6) is 0 Å². The first kappa shape index (κ1) is 11.9. The lowest BCUT2D eigenvalue weighted by molar-refractivity contribution is -0.117. The van der Waals surface area contributed by atoms with Crippen molar-refractivity contribution in [1.29, 1.82) is 0 Å². The van der Waals surface area contributed by atoms with Crippen molar-refractivity contribution in [3.63, 3.8) is 0 Å². The molecule has 0 unspecified atom stereocenters. The fourth-order valence-corrected chi connectivity index (χ4v) is 1.41. The Morgan fingerprint density at radius 1 is 1.47 bits per heavy atom. The van der Waals surface area contributed by atoms with E-state index in [-0.39, 0.29) is 5.91 Å². The van der Waals surface area contributed by atoms with E-state index in [4.69, 9.17) is 4.42 Å². The number of oxazole rings is 1. The van der Waals surface area contributed by atoms with Gasteiger partial charge in [-0.25, -0.2) is 4.79 Å². The molecule has 2 rings (SSSR count). The van der Waals surface area contributed by atoms with Crippen LogP contribution in [0, 0.1) is 0 Å². The molecule has 90 valence electrons. The SMILES string of the molecule is CC(C)(Br)C(=O)Nc1ccc2oc(=O)[nH]c2c1. The van der Waals surface area contributed by atoms with E-state index in [1.54, 1.807) is 32.0 Å². The molecule has 2 aromatic rings. The van der Waals surface area contributed by atoms with E-state index >= 15 is 0 Å². The topological polar surface area (TPSA) is 75.1 Å². The zero-order valence-electron chi connectivity index (χ0n) is 9.33. The Morgan fingerprint density at radius 2 is 2.18 bits per heavy atom. The highest BCUT2D eigenvalue weighted by molar-refractivity contribution is 9.10. The zero-order chi connectivity index (χ0) is 12.6. The molecule has 2 N–H and O–H groups in total. The molecule has 0 radical (unpaired) electrons. The molecule has 0 aliphatic carbocycles. The number of alkyl halides is 1. The van der Waals surface area contributed by atoms with Crippen molar-refractivity contribution in [2.45, 2.75) is 18.2 Å². The maximum atomic E-state index is 11.7. The molecule has 0 atom stereocenters. The van der Waals surface area contributed by atoms with Gasteiger partial charge in [0, 0.05) is 5.69 Å². The van der Waals surface area contributed by atoms with Crippen molar-refractivity contribution >= 4 is 38.6 Å². The van der Waals surface area contributed by atoms with Crippen molar-refractivity contribution in [1.82, 2.24) is 4.98 Å². The first-order chi connectivity index (χ1) is 7.86. The van der Waals surface area contributed by atoms with Crippen LogP contribution in [0.25, 0.3) is 11.1 Å². The fraction of sp³-hybridized carbons (Fsp3) is 0.273. The van der Waals surface area contributed by atoms with E-state index in [1.807, 2.05) is 0 Å². The second kappa shape index (κ2) is 4.03. The summed E-state index contributed by atoms with van der Waals surface area (Å²) in [5, 5.41) is 2.73. The number of benzene rings is 1. The Kier molecular flexibility index (Phi) is 2.82.